The van der Waals surface area contributed by atoms with Crippen LogP contribution in [0.4, 0.5) is 5.95 Å². The Morgan fingerprint density at radius 2 is 1.91 bits per heavy atom. The number of imidazole rings is 1. The number of phosphoric acid groups is 2. The Kier molecular flexibility index (Phi) is 7.09. The third kappa shape index (κ3) is 5.85. The van der Waals surface area contributed by atoms with Crippen molar-refractivity contribution in [1.82, 2.24) is 19.5 Å². The lowest BCUT2D eigenvalue weighted by Crippen LogP contribution is -2.34. The van der Waals surface area contributed by atoms with Crippen LogP contribution in [0.1, 0.15) is 6.23 Å². The number of nitrogens with one attached hydrogen (secondary N) is 1. The first-order valence-corrected chi connectivity index (χ1v) is 13.6. The van der Waals surface area contributed by atoms with Crippen molar-refractivity contribution in [3.63, 3.8) is 0 Å². The van der Waals surface area contributed by atoms with Crippen LogP contribution in [0.2, 0.25) is 0 Å². The lowest BCUT2D eigenvalue weighted by Gasteiger charge is -2.34. The highest BCUT2D eigenvalue weighted by atomic mass is 32.5. The van der Waals surface area contributed by atoms with E-state index >= 15 is 0 Å². The molecule has 1 aliphatic heterocycles. The zero-order chi connectivity index (χ0) is 24.1. The first kappa shape index (κ1) is 25.5. The SMILES string of the molecule is Nc1nc2c(ncn2[C@@H]2O[C@H](COP(=O)([O-])OP(=O)([O-])OP([O-])(O)=S)[C@@H](O)[C@H]2O)c(=O)[nH]1. The fourth-order valence-electron chi connectivity index (χ4n) is 2.68. The van der Waals surface area contributed by atoms with Gasteiger partial charge in [0.15, 0.2) is 17.4 Å². The summed E-state index contributed by atoms with van der Waals surface area (Å²) in [7, 11) is -11.6. The van der Waals surface area contributed by atoms with Gasteiger partial charge in [-0.2, -0.15) is 4.98 Å². The van der Waals surface area contributed by atoms with Crippen LogP contribution in [0, 0.1) is 0 Å². The Hall–Kier alpha value is -1.14. The first-order chi connectivity index (χ1) is 14.6. The van der Waals surface area contributed by atoms with E-state index in [0.29, 0.717) is 0 Å². The average Bonchev–Trinajstić information content (AvgIpc) is 3.12. The largest absolute Gasteiger partial charge is 0.780 e. The number of ether oxygens (including phenoxy) is 1. The van der Waals surface area contributed by atoms with Crippen LogP contribution in [0.25, 0.3) is 11.2 Å². The van der Waals surface area contributed by atoms with Crippen molar-refractivity contribution in [3.05, 3.63) is 16.7 Å². The molecular formula is C10H13N5O13P3S-3. The van der Waals surface area contributed by atoms with Gasteiger partial charge >= 0.3 is 0 Å². The van der Waals surface area contributed by atoms with Gasteiger partial charge in [0, 0.05) is 0 Å². The van der Waals surface area contributed by atoms with E-state index in [1.807, 2.05) is 0 Å². The molecule has 7 atom stereocenters. The minimum absolute atomic E-state index is 0.122. The number of fused-ring (bicyclic) bond motifs is 1. The number of nitrogens with zero attached hydrogens (tertiary/aromatic N) is 3. The van der Waals surface area contributed by atoms with Crippen LogP contribution in [0.5, 0.6) is 0 Å². The number of rotatable bonds is 8. The number of aromatic nitrogens is 4. The Morgan fingerprint density at radius 3 is 2.53 bits per heavy atom. The third-order valence-corrected chi connectivity index (χ3v) is 8.15. The maximum absolute atomic E-state index is 11.8. The molecule has 22 heteroatoms. The lowest BCUT2D eigenvalue weighted by molar-refractivity contribution is -0.246. The van der Waals surface area contributed by atoms with Gasteiger partial charge in [-0.25, -0.2) is 9.29 Å². The number of hydrogen-bond acceptors (Lipinski definition) is 16. The molecule has 0 aromatic carbocycles. The molecule has 0 saturated carbocycles. The van der Waals surface area contributed by atoms with Gasteiger partial charge in [0.25, 0.3) is 21.2 Å². The molecule has 180 valence electrons. The zero-order valence-corrected chi connectivity index (χ0v) is 18.7. The number of H-pyrrole nitrogens is 1. The van der Waals surface area contributed by atoms with E-state index in [4.69, 9.17) is 15.4 Å². The van der Waals surface area contributed by atoms with Gasteiger partial charge in [-0.1, -0.05) is 11.8 Å². The number of aliphatic hydroxyl groups is 2. The molecule has 6 N–H and O–H groups in total. The topological polar surface area (TPSA) is 291 Å². The van der Waals surface area contributed by atoms with E-state index in [1.54, 1.807) is 0 Å². The van der Waals surface area contributed by atoms with Gasteiger partial charge in [0.2, 0.25) is 5.95 Å². The van der Waals surface area contributed by atoms with Crippen molar-refractivity contribution in [1.29, 1.82) is 0 Å². The minimum Gasteiger partial charge on any atom is -0.780 e. The quantitative estimate of drug-likeness (QED) is 0.200. The van der Waals surface area contributed by atoms with E-state index in [9.17, 15) is 38.8 Å². The number of nitrogens with two attached hydrogens (primary N) is 1. The maximum Gasteiger partial charge on any atom is 0.280 e. The Balaban J connectivity index is 1.72. The smallest absolute Gasteiger partial charge is 0.280 e. The Morgan fingerprint density at radius 1 is 1.25 bits per heavy atom. The third-order valence-electron chi connectivity index (χ3n) is 3.86. The highest BCUT2D eigenvalue weighted by Gasteiger charge is 2.45. The molecule has 3 unspecified atom stereocenters. The summed E-state index contributed by atoms with van der Waals surface area (Å²) >= 11 is 3.79. The van der Waals surface area contributed by atoms with Gasteiger partial charge in [0.05, 0.1) is 12.9 Å². The normalized spacial score (nSPS) is 29.4. The average molecular weight is 536 g/mol. The molecular weight excluding hydrogens is 523 g/mol. The Labute approximate surface area is 181 Å². The molecule has 0 spiro atoms. The molecule has 0 amide bonds. The molecule has 18 nitrogen and oxygen atoms in total. The lowest BCUT2D eigenvalue weighted by atomic mass is 10.1. The van der Waals surface area contributed by atoms with Crippen LogP contribution in [-0.2, 0) is 38.8 Å². The molecule has 2 aromatic heterocycles. The molecule has 1 aliphatic rings. The van der Waals surface area contributed by atoms with Gasteiger partial charge < -0.3 is 44.8 Å². The fourth-order valence-corrected chi connectivity index (χ4v) is 6.31. The summed E-state index contributed by atoms with van der Waals surface area (Å²) in [6, 6.07) is 0. The van der Waals surface area contributed by atoms with E-state index in [2.05, 4.69) is 39.9 Å². The number of phosphoric ester groups is 1. The minimum atomic E-state index is -5.90. The monoisotopic (exact) mass is 536 g/mol. The second kappa shape index (κ2) is 8.90. The van der Waals surface area contributed by atoms with Crippen molar-refractivity contribution in [2.24, 2.45) is 0 Å². The van der Waals surface area contributed by atoms with E-state index in [0.717, 1.165) is 10.9 Å². The molecule has 0 aliphatic carbocycles. The molecule has 1 fully saturated rings. The Bertz CT molecular complexity index is 1210. The van der Waals surface area contributed by atoms with E-state index in [1.165, 1.54) is 0 Å². The summed E-state index contributed by atoms with van der Waals surface area (Å²) < 4.78 is 40.7. The fraction of sp³-hybridized carbons (Fsp3) is 0.500. The number of aromatic amines is 1. The molecule has 3 heterocycles. The van der Waals surface area contributed by atoms with Crippen LogP contribution in [-0.4, -0.2) is 59.5 Å². The van der Waals surface area contributed by atoms with Crippen LogP contribution in [0.3, 0.4) is 0 Å². The number of aliphatic hydroxyl groups excluding tert-OH is 2. The summed E-state index contributed by atoms with van der Waals surface area (Å²) in [4.78, 5) is 64.2. The van der Waals surface area contributed by atoms with Crippen molar-refractivity contribution in [2.75, 3.05) is 12.3 Å². The van der Waals surface area contributed by atoms with Crippen LogP contribution >= 0.6 is 22.4 Å². The molecule has 1 saturated heterocycles. The van der Waals surface area contributed by atoms with Crippen molar-refractivity contribution < 1.29 is 56.8 Å². The van der Waals surface area contributed by atoms with Crippen LogP contribution < -0.4 is 26.0 Å². The van der Waals surface area contributed by atoms with E-state index < -0.39 is 59.1 Å². The van der Waals surface area contributed by atoms with Gasteiger partial charge in [-0.15, -0.1) is 0 Å². The highest BCUT2D eigenvalue weighted by molar-refractivity contribution is 8.07. The summed E-state index contributed by atoms with van der Waals surface area (Å²) in [6.07, 6.45) is -5.42. The van der Waals surface area contributed by atoms with E-state index in [-0.39, 0.29) is 17.1 Å². The summed E-state index contributed by atoms with van der Waals surface area (Å²) in [5.41, 5.74) is 4.48. The molecule has 0 bridgehead atoms. The molecule has 32 heavy (non-hydrogen) atoms. The van der Waals surface area contributed by atoms with Gasteiger partial charge in [-0.05, 0) is 0 Å². The predicted molar refractivity (Wildman–Crippen MR) is 98.3 cm³/mol. The maximum atomic E-state index is 11.8. The standard InChI is InChI=1S/C10H16N5O13P3S/c11-10-13-7-4(8(18)14-10)12-2-15(7)9-6(17)5(16)3(26-9)1-25-29(19,20)27-30(21,22)28-31(23,24)32/h2-3,5-6,9,16-17H,1H2,(H,19,20)(H,21,22)(H2,23,24,32)(H3,11,13,14,18)/p-3/t3-,5-,6-,9-/m1/s1. The van der Waals surface area contributed by atoms with Crippen LogP contribution in [0.15, 0.2) is 11.1 Å². The zero-order valence-electron chi connectivity index (χ0n) is 15.2. The number of nitrogen functional groups attached to an aromatic ring is 1. The predicted octanol–water partition coefficient (Wildman–Crippen LogP) is -4.12. The molecule has 3 rings (SSSR count). The number of hydrogen-bond donors (Lipinski definition) is 5. The van der Waals surface area contributed by atoms with Crippen molar-refractivity contribution in [2.45, 2.75) is 24.5 Å². The summed E-state index contributed by atoms with van der Waals surface area (Å²) in [5.74, 6) is -0.280. The summed E-state index contributed by atoms with van der Waals surface area (Å²) in [6.45, 7) is -6.14. The van der Waals surface area contributed by atoms with Gasteiger partial charge in [0.1, 0.15) is 25.0 Å². The molecule has 0 radical (unpaired) electrons. The molecule has 2 aromatic rings. The number of anilines is 1. The second-order valence-electron chi connectivity index (χ2n) is 6.14. The van der Waals surface area contributed by atoms with Gasteiger partial charge in [-0.3, -0.25) is 27.8 Å². The highest BCUT2D eigenvalue weighted by Crippen LogP contribution is 2.61. The van der Waals surface area contributed by atoms with Crippen molar-refractivity contribution in [3.8, 4) is 0 Å². The summed E-state index contributed by atoms with van der Waals surface area (Å²) in [5, 5.41) is 20.4. The second-order valence-corrected chi connectivity index (χ2v) is 11.8. The van der Waals surface area contributed by atoms with Crippen molar-refractivity contribution >= 4 is 51.3 Å². The first-order valence-electron chi connectivity index (χ1n) is 8.05.